The molecule has 1 aliphatic rings. The minimum absolute atomic E-state index is 0.303. The Morgan fingerprint density at radius 1 is 1.45 bits per heavy atom. The van der Waals surface area contributed by atoms with E-state index in [0.29, 0.717) is 24.9 Å². The monoisotopic (exact) mass is 285 g/mol. The molecule has 1 saturated heterocycles. The molecular weight excluding hydrogens is 258 g/mol. The van der Waals surface area contributed by atoms with Crippen LogP contribution >= 0.6 is 0 Å². The first-order valence-electron chi connectivity index (χ1n) is 7.34. The lowest BCUT2D eigenvalue weighted by atomic mass is 10.1. The van der Waals surface area contributed by atoms with E-state index in [2.05, 4.69) is 24.1 Å². The largest absolute Gasteiger partial charge is 0.480 e. The number of carbonyl (C=O) groups excluding carboxylic acids is 1. The zero-order valence-electron chi connectivity index (χ0n) is 12.9. The minimum atomic E-state index is -0.961. The summed E-state index contributed by atoms with van der Waals surface area (Å²) in [5.74, 6) is -0.503. The third-order valence-corrected chi connectivity index (χ3v) is 4.05. The van der Waals surface area contributed by atoms with Crippen LogP contribution in [0.3, 0.4) is 0 Å². The van der Waals surface area contributed by atoms with Crippen molar-refractivity contribution >= 4 is 12.0 Å². The molecular formula is C14H27N3O3. The number of nitrogens with zero attached hydrogens (tertiary/aromatic N) is 2. The molecule has 0 radical (unpaired) electrons. The van der Waals surface area contributed by atoms with Crippen molar-refractivity contribution in [3.63, 3.8) is 0 Å². The van der Waals surface area contributed by atoms with E-state index in [9.17, 15) is 9.59 Å². The number of rotatable bonds is 6. The van der Waals surface area contributed by atoms with Crippen LogP contribution in [-0.4, -0.2) is 65.7 Å². The van der Waals surface area contributed by atoms with Crippen molar-refractivity contribution in [2.45, 2.75) is 45.7 Å². The molecule has 0 bridgehead atoms. The third-order valence-electron chi connectivity index (χ3n) is 4.05. The van der Waals surface area contributed by atoms with Crippen LogP contribution in [0, 0.1) is 5.92 Å². The number of carboxylic acids is 1. The molecule has 2 atom stereocenters. The predicted octanol–water partition coefficient (Wildman–Crippen LogP) is 1.22. The van der Waals surface area contributed by atoms with E-state index in [1.807, 2.05) is 0 Å². The number of likely N-dealkylation sites (N-methyl/N-ethyl adjacent to an activating group) is 1. The first-order valence-corrected chi connectivity index (χ1v) is 7.34. The molecule has 1 rings (SSSR count). The lowest BCUT2D eigenvalue weighted by Gasteiger charge is -2.25. The zero-order chi connectivity index (χ0) is 15.3. The Hall–Kier alpha value is -1.30. The maximum absolute atomic E-state index is 12.0. The lowest BCUT2D eigenvalue weighted by Crippen LogP contribution is -2.48. The van der Waals surface area contributed by atoms with E-state index in [0.717, 1.165) is 19.5 Å². The number of likely N-dealkylation sites (tertiary alicyclic amines) is 1. The maximum Gasteiger partial charge on any atom is 0.326 e. The van der Waals surface area contributed by atoms with Gasteiger partial charge in [-0.25, -0.2) is 9.59 Å². The number of hydrogen-bond acceptors (Lipinski definition) is 3. The number of aliphatic carboxylic acids is 1. The summed E-state index contributed by atoms with van der Waals surface area (Å²) in [7, 11) is 1.53. The molecule has 1 heterocycles. The first kappa shape index (κ1) is 16.8. The Balaban J connectivity index is 2.38. The highest BCUT2D eigenvalue weighted by Gasteiger charge is 2.27. The average molecular weight is 285 g/mol. The van der Waals surface area contributed by atoms with Gasteiger partial charge in [0.05, 0.1) is 0 Å². The van der Waals surface area contributed by atoms with E-state index in [-0.39, 0.29) is 6.03 Å². The summed E-state index contributed by atoms with van der Waals surface area (Å²) in [4.78, 5) is 26.7. The fourth-order valence-corrected chi connectivity index (χ4v) is 2.61. The van der Waals surface area contributed by atoms with Gasteiger partial charge in [-0.1, -0.05) is 6.92 Å². The van der Waals surface area contributed by atoms with E-state index in [4.69, 9.17) is 5.11 Å². The highest BCUT2D eigenvalue weighted by atomic mass is 16.4. The molecule has 2 unspecified atom stereocenters. The molecule has 0 aromatic heterocycles. The van der Waals surface area contributed by atoms with Crippen LogP contribution in [0.25, 0.3) is 0 Å². The first-order chi connectivity index (χ1) is 9.36. The van der Waals surface area contributed by atoms with Crippen LogP contribution in [0.2, 0.25) is 0 Å². The molecule has 0 aliphatic carbocycles. The smallest absolute Gasteiger partial charge is 0.326 e. The molecule has 2 N–H and O–H groups in total. The van der Waals surface area contributed by atoms with Crippen LogP contribution in [0.15, 0.2) is 0 Å². The summed E-state index contributed by atoms with van der Waals surface area (Å²) in [5.41, 5.74) is 0. The molecule has 116 valence electrons. The van der Waals surface area contributed by atoms with Crippen LogP contribution in [0.4, 0.5) is 4.79 Å². The van der Waals surface area contributed by atoms with E-state index < -0.39 is 12.0 Å². The number of carbonyl (C=O) groups is 2. The Labute approximate surface area is 121 Å². The molecule has 1 fully saturated rings. The second kappa shape index (κ2) is 7.47. The van der Waals surface area contributed by atoms with Crippen molar-refractivity contribution in [3.05, 3.63) is 0 Å². The Kier molecular flexibility index (Phi) is 6.26. The van der Waals surface area contributed by atoms with Crippen molar-refractivity contribution in [1.29, 1.82) is 0 Å². The number of hydrogen-bond donors (Lipinski definition) is 2. The van der Waals surface area contributed by atoms with Gasteiger partial charge >= 0.3 is 12.0 Å². The van der Waals surface area contributed by atoms with Gasteiger partial charge in [-0.15, -0.1) is 0 Å². The Morgan fingerprint density at radius 3 is 2.55 bits per heavy atom. The van der Waals surface area contributed by atoms with Crippen LogP contribution in [-0.2, 0) is 4.79 Å². The third kappa shape index (κ3) is 4.37. The highest BCUT2D eigenvalue weighted by Crippen LogP contribution is 2.17. The Morgan fingerprint density at radius 2 is 2.10 bits per heavy atom. The average Bonchev–Trinajstić information content (AvgIpc) is 2.85. The fourth-order valence-electron chi connectivity index (χ4n) is 2.61. The van der Waals surface area contributed by atoms with Gasteiger partial charge in [-0.2, -0.15) is 0 Å². The van der Waals surface area contributed by atoms with Gasteiger partial charge in [-0.3, -0.25) is 0 Å². The summed E-state index contributed by atoms with van der Waals surface area (Å²) in [6, 6.07) is -0.525. The molecule has 2 amide bonds. The van der Waals surface area contributed by atoms with Crippen molar-refractivity contribution in [2.24, 2.45) is 5.92 Å². The van der Waals surface area contributed by atoms with Gasteiger partial charge in [0, 0.05) is 26.2 Å². The minimum Gasteiger partial charge on any atom is -0.480 e. The number of nitrogens with one attached hydrogen (secondary N) is 1. The van der Waals surface area contributed by atoms with Crippen LogP contribution in [0.1, 0.15) is 33.6 Å². The van der Waals surface area contributed by atoms with Gasteiger partial charge in [0.1, 0.15) is 6.04 Å². The zero-order valence-corrected chi connectivity index (χ0v) is 12.9. The molecule has 0 aromatic rings. The quantitative estimate of drug-likeness (QED) is 0.769. The van der Waals surface area contributed by atoms with Gasteiger partial charge in [0.2, 0.25) is 0 Å². The number of urea groups is 1. The van der Waals surface area contributed by atoms with Crippen molar-refractivity contribution in [2.75, 3.05) is 26.7 Å². The fraction of sp³-hybridized carbons (Fsp3) is 0.857. The molecule has 0 spiro atoms. The summed E-state index contributed by atoms with van der Waals surface area (Å²) < 4.78 is 0. The second-order valence-electron chi connectivity index (χ2n) is 5.80. The normalized spacial score (nSPS) is 20.9. The van der Waals surface area contributed by atoms with Gasteiger partial charge in [-0.05, 0) is 39.2 Å². The number of amides is 2. The van der Waals surface area contributed by atoms with Gasteiger partial charge in [0.25, 0.3) is 0 Å². The summed E-state index contributed by atoms with van der Waals surface area (Å²) in [5, 5.41) is 11.9. The summed E-state index contributed by atoms with van der Waals surface area (Å²) in [6.07, 6.45) is 1.49. The van der Waals surface area contributed by atoms with Crippen LogP contribution in [0.5, 0.6) is 0 Å². The van der Waals surface area contributed by atoms with Gasteiger partial charge in [0.15, 0.2) is 0 Å². The SMILES string of the molecule is CCC(C(=O)O)N(C)C(=O)NCC1CCN(C(C)C)C1. The second-order valence-corrected chi connectivity index (χ2v) is 5.80. The van der Waals surface area contributed by atoms with Gasteiger partial charge < -0.3 is 20.2 Å². The summed E-state index contributed by atoms with van der Waals surface area (Å²) >= 11 is 0. The topological polar surface area (TPSA) is 72.9 Å². The standard InChI is InChI=1S/C14H27N3O3/c1-5-12(13(18)19)16(4)14(20)15-8-11-6-7-17(9-11)10(2)3/h10-12H,5-9H2,1-4H3,(H,15,20)(H,18,19). The number of carboxylic acid groups (broad SMARTS) is 1. The lowest BCUT2D eigenvalue weighted by molar-refractivity contribution is -0.141. The van der Waals surface area contributed by atoms with E-state index in [1.165, 1.54) is 11.9 Å². The van der Waals surface area contributed by atoms with Crippen LogP contribution < -0.4 is 5.32 Å². The Bertz CT molecular complexity index is 347. The van der Waals surface area contributed by atoms with Crippen molar-refractivity contribution in [3.8, 4) is 0 Å². The van der Waals surface area contributed by atoms with Crippen molar-refractivity contribution in [1.82, 2.24) is 15.1 Å². The molecule has 20 heavy (non-hydrogen) atoms. The predicted molar refractivity (Wildman–Crippen MR) is 77.7 cm³/mol. The highest BCUT2D eigenvalue weighted by molar-refractivity contribution is 5.82. The van der Waals surface area contributed by atoms with E-state index in [1.54, 1.807) is 6.92 Å². The molecule has 0 saturated carbocycles. The molecule has 1 aliphatic heterocycles. The maximum atomic E-state index is 12.0. The van der Waals surface area contributed by atoms with Crippen molar-refractivity contribution < 1.29 is 14.7 Å². The molecule has 0 aromatic carbocycles. The molecule has 6 heteroatoms. The molecule has 6 nitrogen and oxygen atoms in total. The van der Waals surface area contributed by atoms with E-state index >= 15 is 0 Å². The summed E-state index contributed by atoms with van der Waals surface area (Å²) in [6.45, 7) is 8.79.